The molecule has 0 bridgehead atoms. The number of benzene rings is 2. The normalized spacial score (nSPS) is 17.0. The first kappa shape index (κ1) is 16.1. The average molecular weight is 351 g/mol. The fourth-order valence-corrected chi connectivity index (χ4v) is 3.13. The highest BCUT2D eigenvalue weighted by Crippen LogP contribution is 2.26. The molecule has 1 fully saturated rings. The van der Waals surface area contributed by atoms with Gasteiger partial charge >= 0.3 is 5.76 Å². The molecular weight excluding hydrogens is 334 g/mol. The van der Waals surface area contributed by atoms with Gasteiger partial charge in [-0.3, -0.25) is 14.6 Å². The molecule has 1 unspecified atom stereocenters. The molecule has 132 valence electrons. The zero-order valence-electron chi connectivity index (χ0n) is 14.1. The Kier molecular flexibility index (Phi) is 3.84. The van der Waals surface area contributed by atoms with Crippen LogP contribution in [0.5, 0.6) is 0 Å². The number of H-pyrrole nitrogens is 1. The summed E-state index contributed by atoms with van der Waals surface area (Å²) < 4.78 is 4.94. The van der Waals surface area contributed by atoms with Crippen LogP contribution in [0.4, 0.5) is 11.4 Å². The summed E-state index contributed by atoms with van der Waals surface area (Å²) in [4.78, 5) is 40.2. The topological polar surface area (TPSA) is 95.4 Å². The summed E-state index contributed by atoms with van der Waals surface area (Å²) in [6.45, 7) is 2.33. The van der Waals surface area contributed by atoms with Crippen molar-refractivity contribution in [2.24, 2.45) is 5.92 Å². The second-order valence-corrected chi connectivity index (χ2v) is 6.46. The van der Waals surface area contributed by atoms with Crippen molar-refractivity contribution in [1.82, 2.24) is 4.98 Å². The lowest BCUT2D eigenvalue weighted by atomic mass is 10.1. The number of nitrogens with one attached hydrogen (secondary N) is 2. The average Bonchev–Trinajstić information content (AvgIpc) is 3.17. The molecule has 0 radical (unpaired) electrons. The summed E-state index contributed by atoms with van der Waals surface area (Å²) in [5.41, 5.74) is 3.39. The molecule has 0 spiro atoms. The number of oxazole rings is 1. The zero-order valence-corrected chi connectivity index (χ0v) is 14.1. The van der Waals surface area contributed by atoms with E-state index in [2.05, 4.69) is 10.3 Å². The van der Waals surface area contributed by atoms with Crippen LogP contribution in [0.25, 0.3) is 11.1 Å². The van der Waals surface area contributed by atoms with E-state index in [0.29, 0.717) is 23.3 Å². The first-order chi connectivity index (χ1) is 12.5. The van der Waals surface area contributed by atoms with E-state index in [1.807, 2.05) is 31.2 Å². The molecule has 3 aromatic rings. The number of anilines is 2. The van der Waals surface area contributed by atoms with Crippen LogP contribution in [0.2, 0.25) is 0 Å². The van der Waals surface area contributed by atoms with Gasteiger partial charge in [-0.1, -0.05) is 17.7 Å². The Morgan fingerprint density at radius 1 is 1.19 bits per heavy atom. The second-order valence-electron chi connectivity index (χ2n) is 6.46. The number of carbonyl (C=O) groups is 2. The van der Waals surface area contributed by atoms with Crippen molar-refractivity contribution in [3.63, 3.8) is 0 Å². The van der Waals surface area contributed by atoms with Crippen LogP contribution in [0, 0.1) is 12.8 Å². The van der Waals surface area contributed by atoms with Crippen molar-refractivity contribution in [2.75, 3.05) is 16.8 Å². The highest BCUT2D eigenvalue weighted by Gasteiger charge is 2.35. The number of amides is 2. The lowest BCUT2D eigenvalue weighted by molar-refractivity contribution is -0.122. The Labute approximate surface area is 148 Å². The summed E-state index contributed by atoms with van der Waals surface area (Å²) >= 11 is 0. The summed E-state index contributed by atoms with van der Waals surface area (Å²) in [7, 11) is 0. The Morgan fingerprint density at radius 2 is 1.96 bits per heavy atom. The van der Waals surface area contributed by atoms with Crippen LogP contribution in [-0.2, 0) is 9.59 Å². The van der Waals surface area contributed by atoms with Crippen LogP contribution >= 0.6 is 0 Å². The molecular formula is C19H17N3O4. The summed E-state index contributed by atoms with van der Waals surface area (Å²) in [5.74, 6) is -1.26. The Balaban J connectivity index is 1.48. The van der Waals surface area contributed by atoms with E-state index in [9.17, 15) is 14.4 Å². The zero-order chi connectivity index (χ0) is 18.3. The van der Waals surface area contributed by atoms with Gasteiger partial charge < -0.3 is 14.6 Å². The van der Waals surface area contributed by atoms with Crippen molar-refractivity contribution in [2.45, 2.75) is 13.3 Å². The van der Waals surface area contributed by atoms with E-state index in [1.165, 1.54) is 0 Å². The Hall–Kier alpha value is -3.35. The van der Waals surface area contributed by atoms with Gasteiger partial charge in [0.2, 0.25) is 11.8 Å². The smallest absolute Gasteiger partial charge is 0.408 e. The summed E-state index contributed by atoms with van der Waals surface area (Å²) in [6, 6.07) is 12.6. The molecule has 1 aliphatic rings. The fourth-order valence-electron chi connectivity index (χ4n) is 3.13. The molecule has 7 nitrogen and oxygen atoms in total. The molecule has 1 aromatic heterocycles. The van der Waals surface area contributed by atoms with Gasteiger partial charge in [0.05, 0.1) is 11.4 Å². The lowest BCUT2D eigenvalue weighted by Gasteiger charge is -2.17. The number of nitrogens with zero attached hydrogens (tertiary/aromatic N) is 1. The van der Waals surface area contributed by atoms with E-state index in [-0.39, 0.29) is 18.2 Å². The standard InChI is InChI=1S/C19H17N3O4/c1-11-2-5-14(6-3-11)22-10-12(8-17(22)23)18(24)20-13-4-7-16-15(9-13)21-19(25)26-16/h2-7,9,12H,8,10H2,1H3,(H,20,24)(H,21,25). The maximum absolute atomic E-state index is 12.5. The van der Waals surface area contributed by atoms with Gasteiger partial charge in [-0.25, -0.2) is 4.79 Å². The highest BCUT2D eigenvalue weighted by atomic mass is 16.4. The SMILES string of the molecule is Cc1ccc(N2CC(C(=O)Nc3ccc4oc(=O)[nH]c4c3)CC2=O)cc1. The molecule has 26 heavy (non-hydrogen) atoms. The first-order valence-electron chi connectivity index (χ1n) is 8.30. The molecule has 2 aromatic carbocycles. The van der Waals surface area contributed by atoms with Crippen molar-refractivity contribution >= 4 is 34.3 Å². The van der Waals surface area contributed by atoms with Crippen LogP contribution < -0.4 is 16.0 Å². The molecule has 1 aliphatic heterocycles. The lowest BCUT2D eigenvalue weighted by Crippen LogP contribution is -2.28. The summed E-state index contributed by atoms with van der Waals surface area (Å²) in [5, 5.41) is 2.81. The largest absolute Gasteiger partial charge is 0.417 e. The third-order valence-corrected chi connectivity index (χ3v) is 4.53. The number of rotatable bonds is 3. The van der Waals surface area contributed by atoms with Crippen molar-refractivity contribution < 1.29 is 14.0 Å². The number of aromatic nitrogens is 1. The van der Waals surface area contributed by atoms with Crippen molar-refractivity contribution in [3.8, 4) is 0 Å². The minimum absolute atomic E-state index is 0.0661. The molecule has 1 saturated heterocycles. The van der Waals surface area contributed by atoms with E-state index >= 15 is 0 Å². The van der Waals surface area contributed by atoms with E-state index in [0.717, 1.165) is 11.3 Å². The molecule has 4 rings (SSSR count). The molecule has 7 heteroatoms. The monoisotopic (exact) mass is 351 g/mol. The van der Waals surface area contributed by atoms with E-state index in [4.69, 9.17) is 4.42 Å². The molecule has 2 amide bonds. The molecule has 0 aliphatic carbocycles. The van der Waals surface area contributed by atoms with Gasteiger partial charge in [0.1, 0.15) is 0 Å². The third-order valence-electron chi connectivity index (χ3n) is 4.53. The molecule has 1 atom stereocenters. The van der Waals surface area contributed by atoms with Crippen LogP contribution in [0.3, 0.4) is 0 Å². The van der Waals surface area contributed by atoms with Crippen molar-refractivity contribution in [3.05, 3.63) is 58.6 Å². The van der Waals surface area contributed by atoms with Crippen LogP contribution in [0.15, 0.2) is 51.7 Å². The molecule has 2 N–H and O–H groups in total. The van der Waals surface area contributed by atoms with Gasteiger partial charge in [-0.2, -0.15) is 0 Å². The predicted molar refractivity (Wildman–Crippen MR) is 97.1 cm³/mol. The maximum atomic E-state index is 12.5. The fraction of sp³-hybridized carbons (Fsp3) is 0.211. The molecule has 2 heterocycles. The Morgan fingerprint density at radius 3 is 2.73 bits per heavy atom. The quantitative estimate of drug-likeness (QED) is 0.757. The number of hydrogen-bond acceptors (Lipinski definition) is 4. The van der Waals surface area contributed by atoms with Gasteiger partial charge in [0, 0.05) is 24.3 Å². The minimum Gasteiger partial charge on any atom is -0.408 e. The number of fused-ring (bicyclic) bond motifs is 1. The molecule has 0 saturated carbocycles. The second kappa shape index (κ2) is 6.18. The summed E-state index contributed by atoms with van der Waals surface area (Å²) in [6.07, 6.45) is 0.171. The van der Waals surface area contributed by atoms with E-state index in [1.54, 1.807) is 23.1 Å². The van der Waals surface area contributed by atoms with Crippen molar-refractivity contribution in [1.29, 1.82) is 0 Å². The number of aromatic amines is 1. The van der Waals surface area contributed by atoms with E-state index < -0.39 is 11.7 Å². The Bertz CT molecular complexity index is 1050. The minimum atomic E-state index is -0.543. The first-order valence-corrected chi connectivity index (χ1v) is 8.30. The highest BCUT2D eigenvalue weighted by molar-refractivity contribution is 6.03. The van der Waals surface area contributed by atoms with Gasteiger partial charge in [0.15, 0.2) is 5.58 Å². The number of hydrogen-bond donors (Lipinski definition) is 2. The van der Waals surface area contributed by atoms with Gasteiger partial charge in [-0.05, 0) is 37.3 Å². The predicted octanol–water partition coefficient (Wildman–Crippen LogP) is 2.42. The maximum Gasteiger partial charge on any atom is 0.417 e. The van der Waals surface area contributed by atoms with Crippen LogP contribution in [0.1, 0.15) is 12.0 Å². The van der Waals surface area contributed by atoms with Gasteiger partial charge in [0.25, 0.3) is 0 Å². The van der Waals surface area contributed by atoms with Gasteiger partial charge in [-0.15, -0.1) is 0 Å². The third kappa shape index (κ3) is 2.99. The van der Waals surface area contributed by atoms with Crippen LogP contribution in [-0.4, -0.2) is 23.3 Å². The number of carbonyl (C=O) groups excluding carboxylic acids is 2. The number of aryl methyl sites for hydroxylation is 1.